The van der Waals surface area contributed by atoms with E-state index in [9.17, 15) is 9.59 Å². The van der Waals surface area contributed by atoms with E-state index in [0.29, 0.717) is 12.0 Å². The summed E-state index contributed by atoms with van der Waals surface area (Å²) in [4.78, 5) is 24.4. The van der Waals surface area contributed by atoms with E-state index in [0.717, 1.165) is 12.0 Å². The molecule has 1 aliphatic carbocycles. The molecule has 2 heteroatoms. The first-order valence-electron chi connectivity index (χ1n) is 6.93. The molecule has 0 saturated heterocycles. The highest BCUT2D eigenvalue weighted by atomic mass is 16.1. The van der Waals surface area contributed by atoms with Gasteiger partial charge in [0.2, 0.25) is 0 Å². The maximum Gasteiger partial charge on any atom is 0.170 e. The third-order valence-corrected chi connectivity index (χ3v) is 3.66. The summed E-state index contributed by atoms with van der Waals surface area (Å²) in [6, 6.07) is 9.21. The van der Waals surface area contributed by atoms with E-state index in [-0.39, 0.29) is 17.0 Å². The maximum atomic E-state index is 12.6. The number of rotatable bonds is 4. The molecule has 20 heavy (non-hydrogen) atoms. The van der Waals surface area contributed by atoms with Crippen molar-refractivity contribution in [3.05, 3.63) is 54.0 Å². The van der Waals surface area contributed by atoms with Crippen LogP contribution in [0.1, 0.15) is 44.0 Å². The number of hydrogen-bond donors (Lipinski definition) is 0. The smallest absolute Gasteiger partial charge is 0.170 e. The van der Waals surface area contributed by atoms with E-state index in [1.807, 2.05) is 30.3 Å². The van der Waals surface area contributed by atoms with E-state index >= 15 is 0 Å². The lowest BCUT2D eigenvalue weighted by Gasteiger charge is -2.31. The van der Waals surface area contributed by atoms with Crippen molar-refractivity contribution in [3.8, 4) is 0 Å². The Morgan fingerprint density at radius 2 is 1.85 bits per heavy atom. The van der Waals surface area contributed by atoms with Gasteiger partial charge in [0.15, 0.2) is 11.6 Å². The van der Waals surface area contributed by atoms with Gasteiger partial charge in [0.25, 0.3) is 0 Å². The second-order valence-electron chi connectivity index (χ2n) is 6.16. The Labute approximate surface area is 120 Å². The fourth-order valence-corrected chi connectivity index (χ4v) is 2.83. The minimum atomic E-state index is -0.416. The number of carbonyl (C=O) groups excluding carboxylic acids is 2. The summed E-state index contributed by atoms with van der Waals surface area (Å²) < 4.78 is 0. The van der Waals surface area contributed by atoms with Crippen LogP contribution in [-0.2, 0) is 4.79 Å². The van der Waals surface area contributed by atoms with Gasteiger partial charge in [0, 0.05) is 12.0 Å². The molecule has 0 heterocycles. The number of hydrogen-bond acceptors (Lipinski definition) is 2. The average molecular weight is 268 g/mol. The fraction of sp³-hybridized carbons (Fsp3) is 0.389. The second-order valence-corrected chi connectivity index (χ2v) is 6.16. The lowest BCUT2D eigenvalue weighted by molar-refractivity contribution is -0.117. The third kappa shape index (κ3) is 3.24. The summed E-state index contributed by atoms with van der Waals surface area (Å²) in [5.74, 6) is -0.289. The SMILES string of the molecule is C[C]C(C(=O)c1ccccc1)C1=CC(=O)CC(C)(C)C1. The predicted octanol–water partition coefficient (Wildman–Crippen LogP) is 3.90. The molecule has 0 bridgehead atoms. The normalized spacial score (nSPS) is 19.4. The Morgan fingerprint density at radius 1 is 1.20 bits per heavy atom. The summed E-state index contributed by atoms with van der Waals surface area (Å²) in [6.45, 7) is 5.90. The van der Waals surface area contributed by atoms with Gasteiger partial charge in [-0.3, -0.25) is 9.59 Å². The van der Waals surface area contributed by atoms with Crippen LogP contribution in [0.5, 0.6) is 0 Å². The number of Topliss-reactive ketones (excluding diaryl/α,β-unsaturated/α-hetero) is 1. The molecule has 0 N–H and O–H groups in total. The fourth-order valence-electron chi connectivity index (χ4n) is 2.83. The van der Waals surface area contributed by atoms with Gasteiger partial charge >= 0.3 is 0 Å². The molecule has 2 nitrogen and oxygen atoms in total. The lowest BCUT2D eigenvalue weighted by Crippen LogP contribution is -2.27. The van der Waals surface area contributed by atoms with E-state index in [2.05, 4.69) is 20.3 Å². The van der Waals surface area contributed by atoms with Crippen LogP contribution in [0.25, 0.3) is 0 Å². The Bertz CT molecular complexity index is 538. The van der Waals surface area contributed by atoms with Crippen molar-refractivity contribution in [2.24, 2.45) is 11.3 Å². The van der Waals surface area contributed by atoms with Crippen molar-refractivity contribution in [2.45, 2.75) is 33.6 Å². The zero-order chi connectivity index (χ0) is 14.8. The number of allylic oxidation sites excluding steroid dienone is 2. The van der Waals surface area contributed by atoms with E-state index in [1.165, 1.54) is 0 Å². The summed E-state index contributed by atoms with van der Waals surface area (Å²) in [7, 11) is 0. The average Bonchev–Trinajstić information content (AvgIpc) is 2.38. The van der Waals surface area contributed by atoms with Crippen LogP contribution in [0.15, 0.2) is 42.0 Å². The minimum absolute atomic E-state index is 0.0184. The van der Waals surface area contributed by atoms with Crippen molar-refractivity contribution in [2.75, 3.05) is 0 Å². The first kappa shape index (κ1) is 14.7. The van der Waals surface area contributed by atoms with Gasteiger partial charge in [0.05, 0.1) is 5.92 Å². The quantitative estimate of drug-likeness (QED) is 0.776. The van der Waals surface area contributed by atoms with Gasteiger partial charge in [-0.05, 0) is 24.3 Å². The molecule has 1 aromatic rings. The van der Waals surface area contributed by atoms with Gasteiger partial charge < -0.3 is 0 Å². The zero-order valence-corrected chi connectivity index (χ0v) is 12.3. The van der Waals surface area contributed by atoms with Gasteiger partial charge in [0.1, 0.15) is 0 Å². The molecular formula is C18H20O2. The zero-order valence-electron chi connectivity index (χ0n) is 12.3. The highest BCUT2D eigenvalue weighted by Gasteiger charge is 2.33. The summed E-state index contributed by atoms with van der Waals surface area (Å²) in [6.07, 6.45) is 6.02. The molecule has 2 rings (SSSR count). The first-order chi connectivity index (χ1) is 9.43. The third-order valence-electron chi connectivity index (χ3n) is 3.66. The van der Waals surface area contributed by atoms with E-state index in [4.69, 9.17) is 0 Å². The minimum Gasteiger partial charge on any atom is -0.295 e. The molecule has 0 saturated carbocycles. The maximum absolute atomic E-state index is 12.6. The predicted molar refractivity (Wildman–Crippen MR) is 79.3 cm³/mol. The van der Waals surface area contributed by atoms with Crippen molar-refractivity contribution >= 4 is 11.6 Å². The van der Waals surface area contributed by atoms with Gasteiger partial charge in [-0.2, -0.15) is 0 Å². The van der Waals surface area contributed by atoms with Crippen LogP contribution >= 0.6 is 0 Å². The van der Waals surface area contributed by atoms with Crippen molar-refractivity contribution < 1.29 is 9.59 Å². The van der Waals surface area contributed by atoms with Gasteiger partial charge in [-0.15, -0.1) is 0 Å². The van der Waals surface area contributed by atoms with Crippen LogP contribution < -0.4 is 0 Å². The summed E-state index contributed by atoms with van der Waals surface area (Å²) in [5, 5.41) is 0. The van der Waals surface area contributed by atoms with Crippen molar-refractivity contribution in [1.29, 1.82) is 0 Å². The molecule has 0 aliphatic heterocycles. The highest BCUT2D eigenvalue weighted by Crippen LogP contribution is 2.38. The molecule has 1 atom stereocenters. The van der Waals surface area contributed by atoms with Gasteiger partial charge in [-0.25, -0.2) is 0 Å². The molecule has 2 radical (unpaired) electrons. The Balaban J connectivity index is 2.29. The van der Waals surface area contributed by atoms with E-state index < -0.39 is 5.92 Å². The molecule has 0 spiro atoms. The topological polar surface area (TPSA) is 34.1 Å². The molecule has 104 valence electrons. The largest absolute Gasteiger partial charge is 0.295 e. The number of ketones is 2. The van der Waals surface area contributed by atoms with Crippen molar-refractivity contribution in [3.63, 3.8) is 0 Å². The summed E-state index contributed by atoms with van der Waals surface area (Å²) in [5.41, 5.74) is 1.49. The first-order valence-corrected chi connectivity index (χ1v) is 6.93. The van der Waals surface area contributed by atoms with E-state index in [1.54, 1.807) is 13.0 Å². The van der Waals surface area contributed by atoms with Crippen LogP contribution in [0, 0.1) is 17.8 Å². The van der Waals surface area contributed by atoms with Crippen molar-refractivity contribution in [1.82, 2.24) is 0 Å². The van der Waals surface area contributed by atoms with Crippen LogP contribution in [0.4, 0.5) is 0 Å². The van der Waals surface area contributed by atoms with Gasteiger partial charge in [-0.1, -0.05) is 56.7 Å². The molecule has 1 unspecified atom stereocenters. The molecular weight excluding hydrogens is 248 g/mol. The number of benzene rings is 1. The highest BCUT2D eigenvalue weighted by molar-refractivity contribution is 6.02. The molecule has 0 amide bonds. The standard InChI is InChI=1S/C18H20O2/c1-4-16(17(20)13-8-6-5-7-9-13)14-10-15(19)12-18(2,3)11-14/h5-10,16H,11-12H2,1-3H3. The Hall–Kier alpha value is -1.70. The molecule has 1 aromatic carbocycles. The Morgan fingerprint density at radius 3 is 2.40 bits per heavy atom. The Kier molecular flexibility index (Phi) is 4.22. The monoisotopic (exact) mass is 268 g/mol. The van der Waals surface area contributed by atoms with Crippen LogP contribution in [-0.4, -0.2) is 11.6 Å². The molecule has 0 fully saturated rings. The lowest BCUT2D eigenvalue weighted by atomic mass is 9.72. The number of carbonyl (C=O) groups is 2. The molecule has 0 aromatic heterocycles. The summed E-state index contributed by atoms with van der Waals surface area (Å²) >= 11 is 0. The van der Waals surface area contributed by atoms with Crippen LogP contribution in [0.2, 0.25) is 0 Å². The van der Waals surface area contributed by atoms with Crippen LogP contribution in [0.3, 0.4) is 0 Å². The second kappa shape index (κ2) is 5.74. The molecule has 1 aliphatic rings.